The van der Waals surface area contributed by atoms with Crippen molar-refractivity contribution in [3.05, 3.63) is 23.8 Å². The van der Waals surface area contributed by atoms with Crippen LogP contribution in [-0.4, -0.2) is 63.5 Å². The van der Waals surface area contributed by atoms with Crippen LogP contribution in [0.15, 0.2) is 18.2 Å². The van der Waals surface area contributed by atoms with Gasteiger partial charge in [-0.15, -0.1) is 0 Å². The minimum absolute atomic E-state index is 0.0488. The largest absolute Gasteiger partial charge is 0.493 e. The maximum Gasteiger partial charge on any atom is 0.254 e. The third-order valence-electron chi connectivity index (χ3n) is 5.11. The minimum atomic E-state index is -0.0965. The number of ether oxygens (including phenoxy) is 4. The second kappa shape index (κ2) is 8.06. The highest BCUT2D eigenvalue weighted by Crippen LogP contribution is 2.33. The van der Waals surface area contributed by atoms with Gasteiger partial charge in [-0.3, -0.25) is 4.79 Å². The zero-order valence-corrected chi connectivity index (χ0v) is 15.2. The number of rotatable bonds is 6. The molecule has 25 heavy (non-hydrogen) atoms. The van der Waals surface area contributed by atoms with Crippen LogP contribution in [0.5, 0.6) is 11.5 Å². The number of carbonyl (C=O) groups is 1. The fourth-order valence-corrected chi connectivity index (χ4v) is 3.63. The normalized spacial score (nSPS) is 23.9. The Labute approximate surface area is 149 Å². The van der Waals surface area contributed by atoms with Gasteiger partial charge in [0.15, 0.2) is 11.5 Å². The predicted molar refractivity (Wildman–Crippen MR) is 93.4 cm³/mol. The van der Waals surface area contributed by atoms with Crippen molar-refractivity contribution in [2.45, 2.75) is 44.0 Å². The quantitative estimate of drug-likeness (QED) is 0.790. The summed E-state index contributed by atoms with van der Waals surface area (Å²) in [5, 5.41) is 0. The third-order valence-corrected chi connectivity index (χ3v) is 5.11. The van der Waals surface area contributed by atoms with Crippen LogP contribution >= 0.6 is 0 Å². The van der Waals surface area contributed by atoms with Gasteiger partial charge in [-0.05, 0) is 43.9 Å². The summed E-state index contributed by atoms with van der Waals surface area (Å²) in [7, 11) is 4.88. The molecule has 138 valence electrons. The maximum atomic E-state index is 12.8. The zero-order valence-electron chi connectivity index (χ0n) is 15.2. The predicted octanol–water partition coefficient (Wildman–Crippen LogP) is 2.50. The molecule has 3 rings (SSSR count). The highest BCUT2D eigenvalue weighted by molar-refractivity contribution is 5.95. The molecule has 2 unspecified atom stereocenters. The average Bonchev–Trinajstić information content (AvgIpc) is 3.30. The van der Waals surface area contributed by atoms with Gasteiger partial charge in [-0.25, -0.2) is 0 Å². The summed E-state index contributed by atoms with van der Waals surface area (Å²) < 4.78 is 22.3. The molecule has 1 amide bonds. The Bertz CT molecular complexity index is 587. The van der Waals surface area contributed by atoms with E-state index in [1.165, 1.54) is 12.8 Å². The molecule has 2 fully saturated rings. The van der Waals surface area contributed by atoms with Crippen molar-refractivity contribution in [1.82, 2.24) is 4.90 Å². The molecule has 0 aromatic heterocycles. The van der Waals surface area contributed by atoms with E-state index >= 15 is 0 Å². The minimum Gasteiger partial charge on any atom is -0.493 e. The highest BCUT2D eigenvalue weighted by atomic mass is 16.5. The summed E-state index contributed by atoms with van der Waals surface area (Å²) in [4.78, 5) is 14.6. The number of hydrogen-bond acceptors (Lipinski definition) is 5. The van der Waals surface area contributed by atoms with Crippen molar-refractivity contribution < 1.29 is 23.7 Å². The van der Waals surface area contributed by atoms with E-state index in [1.807, 2.05) is 6.07 Å². The van der Waals surface area contributed by atoms with Crippen LogP contribution in [0.25, 0.3) is 0 Å². The van der Waals surface area contributed by atoms with Crippen LogP contribution in [0.1, 0.15) is 36.0 Å². The molecular weight excluding hydrogens is 322 g/mol. The number of nitrogens with zero attached hydrogens (tertiary/aromatic N) is 1. The summed E-state index contributed by atoms with van der Waals surface area (Å²) in [6.07, 6.45) is 4.63. The van der Waals surface area contributed by atoms with E-state index in [9.17, 15) is 4.79 Å². The third kappa shape index (κ3) is 3.90. The van der Waals surface area contributed by atoms with E-state index in [1.54, 1.807) is 38.4 Å². The monoisotopic (exact) mass is 349 g/mol. The number of likely N-dealkylation sites (tertiary alicyclic amines) is 1. The Kier molecular flexibility index (Phi) is 5.81. The van der Waals surface area contributed by atoms with Gasteiger partial charge < -0.3 is 23.8 Å². The van der Waals surface area contributed by atoms with Gasteiger partial charge >= 0.3 is 0 Å². The molecular formula is C19H27NO5. The van der Waals surface area contributed by atoms with E-state index in [2.05, 4.69) is 0 Å². The second-order valence-electron chi connectivity index (χ2n) is 6.65. The van der Waals surface area contributed by atoms with E-state index in [4.69, 9.17) is 18.9 Å². The van der Waals surface area contributed by atoms with Crippen molar-refractivity contribution >= 4 is 5.91 Å². The lowest BCUT2D eigenvalue weighted by atomic mass is 10.1. The average molecular weight is 349 g/mol. The Morgan fingerprint density at radius 3 is 2.20 bits per heavy atom. The first-order chi connectivity index (χ1) is 12.2. The maximum absolute atomic E-state index is 12.8. The molecule has 6 nitrogen and oxygen atoms in total. The lowest BCUT2D eigenvalue weighted by molar-refractivity contribution is -0.00461. The van der Waals surface area contributed by atoms with Crippen molar-refractivity contribution in [2.75, 3.05) is 34.4 Å². The number of amides is 1. The molecule has 1 saturated heterocycles. The smallest absolute Gasteiger partial charge is 0.254 e. The lowest BCUT2D eigenvalue weighted by Gasteiger charge is -2.19. The van der Waals surface area contributed by atoms with Crippen LogP contribution in [0.2, 0.25) is 0 Å². The SMILES string of the molecule is COc1cc(C(=O)N2CC(OC)C(OC)C2)ccc1OC1CCCC1. The number of carbonyl (C=O) groups excluding carboxylic acids is 1. The summed E-state index contributed by atoms with van der Waals surface area (Å²) in [5.74, 6) is 1.26. The van der Waals surface area contributed by atoms with Gasteiger partial charge in [0.2, 0.25) is 0 Å². The van der Waals surface area contributed by atoms with Crippen LogP contribution < -0.4 is 9.47 Å². The van der Waals surface area contributed by atoms with E-state index in [0.717, 1.165) is 12.8 Å². The number of methoxy groups -OCH3 is 3. The molecule has 2 atom stereocenters. The summed E-state index contributed by atoms with van der Waals surface area (Å²) in [5.41, 5.74) is 0.585. The van der Waals surface area contributed by atoms with Gasteiger partial charge in [0.1, 0.15) is 12.2 Å². The van der Waals surface area contributed by atoms with Crippen molar-refractivity contribution in [3.8, 4) is 11.5 Å². The first kappa shape index (κ1) is 18.0. The second-order valence-corrected chi connectivity index (χ2v) is 6.65. The van der Waals surface area contributed by atoms with E-state index in [-0.39, 0.29) is 24.2 Å². The Morgan fingerprint density at radius 1 is 1.00 bits per heavy atom. The molecule has 0 radical (unpaired) electrons. The Balaban J connectivity index is 1.72. The van der Waals surface area contributed by atoms with Gasteiger partial charge in [0.25, 0.3) is 5.91 Å². The van der Waals surface area contributed by atoms with E-state index < -0.39 is 0 Å². The summed E-state index contributed by atoms with van der Waals surface area (Å²) in [6, 6.07) is 5.40. The summed E-state index contributed by atoms with van der Waals surface area (Å²) in [6.45, 7) is 1.05. The Hall–Kier alpha value is -1.79. The summed E-state index contributed by atoms with van der Waals surface area (Å²) >= 11 is 0. The molecule has 1 heterocycles. The molecule has 0 bridgehead atoms. The molecule has 2 aliphatic rings. The van der Waals surface area contributed by atoms with Crippen LogP contribution in [0, 0.1) is 0 Å². The van der Waals surface area contributed by atoms with Crippen molar-refractivity contribution in [3.63, 3.8) is 0 Å². The zero-order chi connectivity index (χ0) is 17.8. The highest BCUT2D eigenvalue weighted by Gasteiger charge is 2.36. The van der Waals surface area contributed by atoms with Gasteiger partial charge in [-0.1, -0.05) is 0 Å². The fourth-order valence-electron chi connectivity index (χ4n) is 3.63. The molecule has 0 N–H and O–H groups in total. The van der Waals surface area contributed by atoms with Crippen LogP contribution in [-0.2, 0) is 9.47 Å². The fraction of sp³-hybridized carbons (Fsp3) is 0.632. The molecule has 0 spiro atoms. The molecule has 1 saturated carbocycles. The molecule has 1 aliphatic heterocycles. The lowest BCUT2D eigenvalue weighted by Crippen LogP contribution is -2.30. The van der Waals surface area contributed by atoms with Gasteiger partial charge in [-0.2, -0.15) is 0 Å². The molecule has 1 aromatic carbocycles. The molecule has 6 heteroatoms. The van der Waals surface area contributed by atoms with Crippen LogP contribution in [0.3, 0.4) is 0 Å². The van der Waals surface area contributed by atoms with Crippen LogP contribution in [0.4, 0.5) is 0 Å². The van der Waals surface area contributed by atoms with Gasteiger partial charge in [0, 0.05) is 32.9 Å². The molecule has 1 aliphatic carbocycles. The standard InChI is InChI=1S/C19H27NO5/c1-22-16-10-13(8-9-15(16)25-14-6-4-5-7-14)19(21)20-11-17(23-2)18(12-20)24-3/h8-10,14,17-18H,4-7,11-12H2,1-3H3. The van der Waals surface area contributed by atoms with Crippen molar-refractivity contribution in [2.24, 2.45) is 0 Å². The van der Waals surface area contributed by atoms with Gasteiger partial charge in [0.05, 0.1) is 13.2 Å². The Morgan fingerprint density at radius 2 is 1.64 bits per heavy atom. The number of hydrogen-bond donors (Lipinski definition) is 0. The molecule has 1 aromatic rings. The van der Waals surface area contributed by atoms with E-state index in [0.29, 0.717) is 30.2 Å². The topological polar surface area (TPSA) is 57.2 Å². The van der Waals surface area contributed by atoms with Crippen molar-refractivity contribution in [1.29, 1.82) is 0 Å². The number of benzene rings is 1. The first-order valence-corrected chi connectivity index (χ1v) is 8.85. The first-order valence-electron chi connectivity index (χ1n) is 8.85.